The fraction of sp³-hybridized carbons (Fsp3) is 0.222. The molecule has 0 spiro atoms. The molecule has 0 amide bonds. The average molecular weight is 555 g/mol. The summed E-state index contributed by atoms with van der Waals surface area (Å²) in [6.45, 7) is 2.06. The van der Waals surface area contributed by atoms with E-state index in [0.717, 1.165) is 47.6 Å². The van der Waals surface area contributed by atoms with Crippen LogP contribution < -0.4 is 15.2 Å². The van der Waals surface area contributed by atoms with Gasteiger partial charge in [0.25, 0.3) is 0 Å². The van der Waals surface area contributed by atoms with Crippen LogP contribution in [0.5, 0.6) is 11.5 Å². The predicted octanol–water partition coefficient (Wildman–Crippen LogP) is 5.71. The van der Waals surface area contributed by atoms with Gasteiger partial charge in [0.05, 0.1) is 24.4 Å². The van der Waals surface area contributed by atoms with Gasteiger partial charge in [0.15, 0.2) is 0 Å². The van der Waals surface area contributed by atoms with Gasteiger partial charge in [-0.1, -0.05) is 48.5 Å². The molecule has 0 aromatic heterocycles. The van der Waals surface area contributed by atoms with Crippen LogP contribution in [0.4, 0.5) is 0 Å². The number of nitrogens with two attached hydrogens (primary N) is 1. The molecule has 0 bridgehead atoms. The zero-order valence-corrected chi connectivity index (χ0v) is 21.0. The van der Waals surface area contributed by atoms with Gasteiger partial charge >= 0.3 is 5.97 Å². The van der Waals surface area contributed by atoms with Crippen LogP contribution in [-0.2, 0) is 16.0 Å². The number of carbonyl (C=O) groups excluding carboxylic acids is 1. The Morgan fingerprint density at radius 1 is 0.909 bits per heavy atom. The standard InChI is InChI=1S/C27H26INO4/c1-4-33-27(30)22(29)15-18-13-16-9-5-7-11-19(16)23(25(18)31-2)24-20-12-8-6-10-17(20)14-21(28)26(24)32-3/h5-14,22H,4,15,29H2,1-3H3. The molecule has 0 saturated heterocycles. The lowest BCUT2D eigenvalue weighted by atomic mass is 9.89. The Balaban J connectivity index is 2.08. The lowest BCUT2D eigenvalue weighted by Gasteiger charge is -2.22. The molecule has 33 heavy (non-hydrogen) atoms. The van der Waals surface area contributed by atoms with Gasteiger partial charge in [0.2, 0.25) is 0 Å². The molecule has 4 rings (SSSR count). The van der Waals surface area contributed by atoms with Crippen molar-refractivity contribution in [2.24, 2.45) is 5.73 Å². The van der Waals surface area contributed by atoms with Crippen molar-refractivity contribution in [2.75, 3.05) is 20.8 Å². The number of carbonyl (C=O) groups is 1. The van der Waals surface area contributed by atoms with Gasteiger partial charge in [0, 0.05) is 17.5 Å². The van der Waals surface area contributed by atoms with E-state index in [1.165, 1.54) is 0 Å². The highest BCUT2D eigenvalue weighted by Gasteiger charge is 2.25. The van der Waals surface area contributed by atoms with Gasteiger partial charge in [-0.05, 0) is 68.8 Å². The smallest absolute Gasteiger partial charge is 0.323 e. The monoisotopic (exact) mass is 555 g/mol. The van der Waals surface area contributed by atoms with Gasteiger partial charge in [-0.2, -0.15) is 0 Å². The van der Waals surface area contributed by atoms with Crippen molar-refractivity contribution in [1.29, 1.82) is 0 Å². The molecule has 1 atom stereocenters. The van der Waals surface area contributed by atoms with Crippen molar-refractivity contribution in [3.05, 3.63) is 69.8 Å². The number of halogens is 1. The van der Waals surface area contributed by atoms with Crippen LogP contribution in [0.1, 0.15) is 12.5 Å². The Kier molecular flexibility index (Phi) is 7.05. The van der Waals surface area contributed by atoms with E-state index in [9.17, 15) is 4.79 Å². The summed E-state index contributed by atoms with van der Waals surface area (Å²) in [4.78, 5) is 12.3. The lowest BCUT2D eigenvalue weighted by molar-refractivity contribution is -0.144. The molecular formula is C27H26INO4. The van der Waals surface area contributed by atoms with E-state index in [0.29, 0.717) is 12.2 Å². The number of benzene rings is 4. The first-order valence-electron chi connectivity index (χ1n) is 10.8. The first-order chi connectivity index (χ1) is 16.0. The van der Waals surface area contributed by atoms with E-state index in [1.54, 1.807) is 21.1 Å². The summed E-state index contributed by atoms with van der Waals surface area (Å²) in [6.07, 6.45) is 0.296. The molecule has 0 saturated carbocycles. The molecule has 0 aliphatic carbocycles. The maximum atomic E-state index is 12.3. The fourth-order valence-electron chi connectivity index (χ4n) is 4.33. The quantitative estimate of drug-likeness (QED) is 0.234. The van der Waals surface area contributed by atoms with Gasteiger partial charge in [0.1, 0.15) is 17.5 Å². The van der Waals surface area contributed by atoms with Crippen LogP contribution in [0.25, 0.3) is 32.7 Å². The summed E-state index contributed by atoms with van der Waals surface area (Å²) < 4.78 is 18.1. The third-order valence-electron chi connectivity index (χ3n) is 5.72. The molecule has 0 radical (unpaired) electrons. The lowest BCUT2D eigenvalue weighted by Crippen LogP contribution is -2.34. The van der Waals surface area contributed by atoms with Gasteiger partial charge in [-0.15, -0.1) is 0 Å². The molecule has 0 fully saturated rings. The van der Waals surface area contributed by atoms with Crippen LogP contribution in [0, 0.1) is 3.57 Å². The second-order valence-corrected chi connectivity index (χ2v) is 8.88. The summed E-state index contributed by atoms with van der Waals surface area (Å²) >= 11 is 2.31. The van der Waals surface area contributed by atoms with Crippen LogP contribution in [0.2, 0.25) is 0 Å². The maximum Gasteiger partial charge on any atom is 0.323 e. The van der Waals surface area contributed by atoms with Crippen molar-refractivity contribution in [3.8, 4) is 22.6 Å². The molecule has 4 aromatic carbocycles. The van der Waals surface area contributed by atoms with Crippen molar-refractivity contribution in [3.63, 3.8) is 0 Å². The number of methoxy groups -OCH3 is 2. The van der Waals surface area contributed by atoms with Crippen LogP contribution in [-0.4, -0.2) is 32.8 Å². The van der Waals surface area contributed by atoms with E-state index >= 15 is 0 Å². The van der Waals surface area contributed by atoms with Crippen molar-refractivity contribution in [2.45, 2.75) is 19.4 Å². The summed E-state index contributed by atoms with van der Waals surface area (Å²) in [5.74, 6) is 1.04. The Hall–Kier alpha value is -2.84. The van der Waals surface area contributed by atoms with E-state index < -0.39 is 12.0 Å². The molecule has 0 aliphatic heterocycles. The van der Waals surface area contributed by atoms with Crippen LogP contribution in [0.15, 0.2) is 60.7 Å². The molecule has 4 aromatic rings. The normalized spacial score (nSPS) is 12.0. The molecule has 5 nitrogen and oxygen atoms in total. The average Bonchev–Trinajstić information content (AvgIpc) is 2.82. The Morgan fingerprint density at radius 2 is 1.45 bits per heavy atom. The van der Waals surface area contributed by atoms with Crippen molar-refractivity contribution < 1.29 is 19.0 Å². The number of ether oxygens (including phenoxy) is 3. The number of hydrogen-bond donors (Lipinski definition) is 1. The first-order valence-corrected chi connectivity index (χ1v) is 11.8. The van der Waals surface area contributed by atoms with Crippen LogP contribution >= 0.6 is 22.6 Å². The van der Waals surface area contributed by atoms with Crippen molar-refractivity contribution in [1.82, 2.24) is 0 Å². The second kappa shape index (κ2) is 9.97. The SMILES string of the molecule is CCOC(=O)C(N)Cc1cc2ccccc2c(-c2c(OC)c(I)cc3ccccc23)c1OC. The van der Waals surface area contributed by atoms with E-state index in [4.69, 9.17) is 19.9 Å². The Bertz CT molecular complexity index is 1340. The molecule has 170 valence electrons. The Labute approximate surface area is 207 Å². The minimum absolute atomic E-state index is 0.290. The number of esters is 1. The molecule has 1 unspecified atom stereocenters. The highest BCUT2D eigenvalue weighted by Crippen LogP contribution is 2.48. The molecule has 2 N–H and O–H groups in total. The summed E-state index contributed by atoms with van der Waals surface area (Å²) in [5.41, 5.74) is 8.93. The Morgan fingerprint density at radius 3 is 2.03 bits per heavy atom. The first kappa shape index (κ1) is 23.3. The molecule has 6 heteroatoms. The zero-order chi connectivity index (χ0) is 23.5. The second-order valence-electron chi connectivity index (χ2n) is 7.72. The number of hydrogen-bond acceptors (Lipinski definition) is 5. The van der Waals surface area contributed by atoms with Gasteiger partial charge < -0.3 is 19.9 Å². The molecule has 0 aliphatic rings. The molecular weight excluding hydrogens is 529 g/mol. The fourth-order valence-corrected chi connectivity index (χ4v) is 5.16. The van der Waals surface area contributed by atoms with Gasteiger partial charge in [-0.3, -0.25) is 4.79 Å². The van der Waals surface area contributed by atoms with E-state index in [2.05, 4.69) is 52.9 Å². The summed E-state index contributed by atoms with van der Waals surface area (Å²) in [5, 5.41) is 4.24. The maximum absolute atomic E-state index is 12.3. The van der Waals surface area contributed by atoms with E-state index in [1.807, 2.05) is 30.3 Å². The van der Waals surface area contributed by atoms with Crippen LogP contribution in [0.3, 0.4) is 0 Å². The van der Waals surface area contributed by atoms with Crippen molar-refractivity contribution >= 4 is 50.1 Å². The zero-order valence-electron chi connectivity index (χ0n) is 18.9. The third-order valence-corrected chi connectivity index (χ3v) is 6.52. The minimum atomic E-state index is -0.789. The number of fused-ring (bicyclic) bond motifs is 2. The largest absolute Gasteiger partial charge is 0.496 e. The third kappa shape index (κ3) is 4.37. The van der Waals surface area contributed by atoms with E-state index in [-0.39, 0.29) is 6.61 Å². The predicted molar refractivity (Wildman–Crippen MR) is 141 cm³/mol. The minimum Gasteiger partial charge on any atom is -0.496 e. The topological polar surface area (TPSA) is 70.8 Å². The summed E-state index contributed by atoms with van der Waals surface area (Å²) in [6, 6.07) is 19.7. The highest BCUT2D eigenvalue weighted by molar-refractivity contribution is 14.1. The summed E-state index contributed by atoms with van der Waals surface area (Å²) in [7, 11) is 3.33. The molecule has 0 heterocycles. The number of rotatable bonds is 7. The highest BCUT2D eigenvalue weighted by atomic mass is 127. The van der Waals surface area contributed by atoms with Gasteiger partial charge in [-0.25, -0.2) is 0 Å².